The molecule has 2 heterocycles. The molecule has 0 bridgehead atoms. The molecule has 1 saturated heterocycles. The molecular formula is C18H24N4O2. The van der Waals surface area contributed by atoms with Crippen LogP contribution in [-0.4, -0.2) is 34.1 Å². The molecule has 128 valence electrons. The van der Waals surface area contributed by atoms with Crippen molar-refractivity contribution in [1.29, 1.82) is 0 Å². The molecule has 1 unspecified atom stereocenters. The minimum atomic E-state index is -0.373. The quantitative estimate of drug-likeness (QED) is 0.880. The highest BCUT2D eigenvalue weighted by Crippen LogP contribution is 2.23. The van der Waals surface area contributed by atoms with Crippen molar-refractivity contribution in [3.05, 3.63) is 47.2 Å². The molecular weight excluding hydrogens is 304 g/mol. The lowest BCUT2D eigenvalue weighted by molar-refractivity contribution is 0.1000. The Morgan fingerprint density at radius 3 is 2.96 bits per heavy atom. The number of carbonyl (C=O) groups is 1. The summed E-state index contributed by atoms with van der Waals surface area (Å²) >= 11 is 0. The number of likely N-dealkylation sites (tertiary alicyclic amines) is 1. The van der Waals surface area contributed by atoms with Gasteiger partial charge >= 0.3 is 0 Å². The Balaban J connectivity index is 1.55. The number of hydrogen-bond acceptors (Lipinski definition) is 5. The van der Waals surface area contributed by atoms with Gasteiger partial charge in [-0.05, 0) is 43.0 Å². The van der Waals surface area contributed by atoms with E-state index in [1.807, 2.05) is 26.0 Å². The first-order valence-corrected chi connectivity index (χ1v) is 8.44. The first-order chi connectivity index (χ1) is 11.5. The fraction of sp³-hybridized carbons (Fsp3) is 0.500. The molecule has 2 N–H and O–H groups in total. The number of amides is 1. The average Bonchev–Trinajstić information content (AvgIpc) is 3.18. The molecule has 0 spiro atoms. The van der Waals surface area contributed by atoms with Crippen LogP contribution in [0.3, 0.4) is 0 Å². The Morgan fingerprint density at radius 1 is 1.42 bits per heavy atom. The van der Waals surface area contributed by atoms with Crippen molar-refractivity contribution < 1.29 is 9.21 Å². The van der Waals surface area contributed by atoms with Crippen LogP contribution < -0.4 is 5.73 Å². The largest absolute Gasteiger partial charge is 0.424 e. The van der Waals surface area contributed by atoms with Gasteiger partial charge in [-0.2, -0.15) is 0 Å². The van der Waals surface area contributed by atoms with Crippen molar-refractivity contribution in [1.82, 2.24) is 15.1 Å². The molecule has 2 aromatic rings. The molecule has 0 radical (unpaired) electrons. The lowest BCUT2D eigenvalue weighted by Crippen LogP contribution is -2.21. The summed E-state index contributed by atoms with van der Waals surface area (Å²) in [5.74, 6) is 1.84. The van der Waals surface area contributed by atoms with E-state index in [9.17, 15) is 4.79 Å². The molecule has 1 atom stereocenters. The third-order valence-electron chi connectivity index (χ3n) is 4.44. The maximum atomic E-state index is 11.3. The van der Waals surface area contributed by atoms with Crippen LogP contribution in [0.1, 0.15) is 53.9 Å². The third kappa shape index (κ3) is 4.00. The van der Waals surface area contributed by atoms with Gasteiger partial charge in [-0.25, -0.2) is 0 Å². The zero-order valence-electron chi connectivity index (χ0n) is 14.2. The highest BCUT2D eigenvalue weighted by atomic mass is 16.4. The zero-order chi connectivity index (χ0) is 17.1. The van der Waals surface area contributed by atoms with E-state index < -0.39 is 0 Å². The van der Waals surface area contributed by atoms with E-state index in [2.05, 4.69) is 21.2 Å². The highest BCUT2D eigenvalue weighted by molar-refractivity contribution is 5.92. The number of primary amides is 1. The first-order valence-electron chi connectivity index (χ1n) is 8.44. The molecule has 1 fully saturated rings. The molecule has 0 saturated carbocycles. The summed E-state index contributed by atoms with van der Waals surface area (Å²) in [5, 5.41) is 8.21. The Labute approximate surface area is 142 Å². The number of carbonyl (C=O) groups excluding carboxylic acids is 1. The molecule has 0 aliphatic carbocycles. The maximum Gasteiger partial charge on any atom is 0.248 e. The Bertz CT molecular complexity index is 711. The Hall–Kier alpha value is -2.21. The monoisotopic (exact) mass is 328 g/mol. The van der Waals surface area contributed by atoms with E-state index in [-0.39, 0.29) is 11.8 Å². The van der Waals surface area contributed by atoms with E-state index in [1.165, 1.54) is 0 Å². The first kappa shape index (κ1) is 16.6. The van der Waals surface area contributed by atoms with Crippen molar-refractivity contribution in [2.45, 2.75) is 39.2 Å². The van der Waals surface area contributed by atoms with E-state index in [0.29, 0.717) is 29.8 Å². The van der Waals surface area contributed by atoms with Crippen molar-refractivity contribution in [3.63, 3.8) is 0 Å². The average molecular weight is 328 g/mol. The van der Waals surface area contributed by atoms with E-state index in [4.69, 9.17) is 10.2 Å². The summed E-state index contributed by atoms with van der Waals surface area (Å²) in [6.07, 6.45) is 2.09. The van der Waals surface area contributed by atoms with Crippen LogP contribution in [0, 0.1) is 5.92 Å². The van der Waals surface area contributed by atoms with Crippen molar-refractivity contribution in [3.8, 4) is 0 Å². The third-order valence-corrected chi connectivity index (χ3v) is 4.44. The number of rotatable bonds is 6. The summed E-state index contributed by atoms with van der Waals surface area (Å²) in [4.78, 5) is 13.6. The van der Waals surface area contributed by atoms with Gasteiger partial charge in [0.1, 0.15) is 0 Å². The highest BCUT2D eigenvalue weighted by Gasteiger charge is 2.24. The smallest absolute Gasteiger partial charge is 0.248 e. The second-order valence-corrected chi connectivity index (χ2v) is 6.85. The molecule has 6 nitrogen and oxygen atoms in total. The number of nitrogens with two attached hydrogens (primary N) is 1. The molecule has 3 rings (SSSR count). The SMILES string of the molecule is CC(C)c1nnc(CN2CCC(Cc3cccc(C(N)=O)c3)C2)o1. The summed E-state index contributed by atoms with van der Waals surface area (Å²) in [7, 11) is 0. The lowest BCUT2D eigenvalue weighted by Gasteiger charge is -2.14. The molecule has 1 aromatic carbocycles. The van der Waals surface area contributed by atoms with Crippen LogP contribution >= 0.6 is 0 Å². The molecule has 24 heavy (non-hydrogen) atoms. The van der Waals surface area contributed by atoms with E-state index in [1.54, 1.807) is 6.07 Å². The minimum Gasteiger partial charge on any atom is -0.424 e. The number of hydrogen-bond donors (Lipinski definition) is 1. The predicted molar refractivity (Wildman–Crippen MR) is 90.4 cm³/mol. The molecule has 1 aliphatic rings. The molecule has 1 aliphatic heterocycles. The van der Waals surface area contributed by atoms with Gasteiger partial charge in [-0.3, -0.25) is 9.69 Å². The van der Waals surface area contributed by atoms with Crippen molar-refractivity contribution in [2.24, 2.45) is 11.7 Å². The van der Waals surface area contributed by atoms with Crippen LogP contribution in [-0.2, 0) is 13.0 Å². The lowest BCUT2D eigenvalue weighted by atomic mass is 9.97. The van der Waals surface area contributed by atoms with Gasteiger partial charge in [0.15, 0.2) is 0 Å². The van der Waals surface area contributed by atoms with Crippen LogP contribution in [0.25, 0.3) is 0 Å². The van der Waals surface area contributed by atoms with Gasteiger partial charge in [0.2, 0.25) is 17.7 Å². The van der Waals surface area contributed by atoms with Crippen molar-refractivity contribution >= 4 is 5.91 Å². The van der Waals surface area contributed by atoms with Crippen LogP contribution in [0.4, 0.5) is 0 Å². The normalized spacial score (nSPS) is 18.4. The predicted octanol–water partition coefficient (Wildman–Crippen LogP) is 2.36. The summed E-state index contributed by atoms with van der Waals surface area (Å²) in [6, 6.07) is 7.61. The Morgan fingerprint density at radius 2 is 2.25 bits per heavy atom. The second kappa shape index (κ2) is 7.13. The van der Waals surface area contributed by atoms with E-state index >= 15 is 0 Å². The maximum absolute atomic E-state index is 11.3. The fourth-order valence-electron chi connectivity index (χ4n) is 3.16. The summed E-state index contributed by atoms with van der Waals surface area (Å²) in [5.41, 5.74) is 7.09. The fourth-order valence-corrected chi connectivity index (χ4v) is 3.16. The zero-order valence-corrected chi connectivity index (χ0v) is 14.2. The second-order valence-electron chi connectivity index (χ2n) is 6.85. The summed E-state index contributed by atoms with van der Waals surface area (Å²) in [6.45, 7) is 6.82. The van der Waals surface area contributed by atoms with E-state index in [0.717, 1.165) is 31.5 Å². The van der Waals surface area contributed by atoms with Gasteiger partial charge in [0, 0.05) is 18.0 Å². The van der Waals surface area contributed by atoms with Gasteiger partial charge in [0.05, 0.1) is 6.54 Å². The van der Waals surface area contributed by atoms with Gasteiger partial charge < -0.3 is 10.2 Å². The standard InChI is InChI=1S/C18H24N4O2/c1-12(2)18-21-20-16(24-18)11-22-7-6-14(10-22)8-13-4-3-5-15(9-13)17(19)23/h3-5,9,12,14H,6-8,10-11H2,1-2H3,(H2,19,23). The molecule has 1 amide bonds. The van der Waals surface area contributed by atoms with Crippen molar-refractivity contribution in [2.75, 3.05) is 13.1 Å². The molecule has 1 aromatic heterocycles. The van der Waals surface area contributed by atoms with Crippen LogP contribution in [0.5, 0.6) is 0 Å². The Kier molecular flexibility index (Phi) is 4.94. The number of aromatic nitrogens is 2. The van der Waals surface area contributed by atoms with Crippen LogP contribution in [0.15, 0.2) is 28.7 Å². The topological polar surface area (TPSA) is 85.3 Å². The molecule has 6 heteroatoms. The van der Waals surface area contributed by atoms with Gasteiger partial charge in [-0.15, -0.1) is 10.2 Å². The number of nitrogens with zero attached hydrogens (tertiary/aromatic N) is 3. The van der Waals surface area contributed by atoms with Gasteiger partial charge in [0.25, 0.3) is 0 Å². The van der Waals surface area contributed by atoms with Crippen LogP contribution in [0.2, 0.25) is 0 Å². The minimum absolute atomic E-state index is 0.259. The number of benzene rings is 1. The summed E-state index contributed by atoms with van der Waals surface area (Å²) < 4.78 is 5.69. The van der Waals surface area contributed by atoms with Gasteiger partial charge in [-0.1, -0.05) is 26.0 Å².